The molecule has 2 heteroatoms. The molecule has 0 radical (unpaired) electrons. The highest BCUT2D eigenvalue weighted by Crippen LogP contribution is 2.24. The number of rotatable bonds is 4. The first-order valence-electron chi connectivity index (χ1n) is 5.81. The summed E-state index contributed by atoms with van der Waals surface area (Å²) in [6.45, 7) is 3.33. The Morgan fingerprint density at radius 2 is 2.00 bits per heavy atom. The molecule has 0 aromatic rings. The van der Waals surface area contributed by atoms with Crippen molar-refractivity contribution >= 4 is 0 Å². The molecule has 1 aliphatic rings. The van der Waals surface area contributed by atoms with Crippen molar-refractivity contribution < 1.29 is 0 Å². The second kappa shape index (κ2) is 6.03. The van der Waals surface area contributed by atoms with Crippen molar-refractivity contribution in [2.24, 2.45) is 5.92 Å². The molecule has 0 aliphatic heterocycles. The van der Waals surface area contributed by atoms with Gasteiger partial charge in [0.2, 0.25) is 0 Å². The van der Waals surface area contributed by atoms with E-state index < -0.39 is 0 Å². The van der Waals surface area contributed by atoms with Crippen LogP contribution in [0.4, 0.5) is 0 Å². The highest BCUT2D eigenvalue weighted by molar-refractivity contribution is 4.80. The van der Waals surface area contributed by atoms with E-state index in [1.54, 1.807) is 0 Å². The van der Waals surface area contributed by atoms with Crippen molar-refractivity contribution in [3.63, 3.8) is 0 Å². The zero-order valence-electron chi connectivity index (χ0n) is 9.50. The van der Waals surface area contributed by atoms with Crippen molar-refractivity contribution in [3.8, 4) is 6.07 Å². The summed E-state index contributed by atoms with van der Waals surface area (Å²) in [6.07, 6.45) is 7.68. The van der Waals surface area contributed by atoms with Crippen LogP contribution in [0.2, 0.25) is 0 Å². The third-order valence-corrected chi connectivity index (χ3v) is 3.41. The Morgan fingerprint density at radius 3 is 2.57 bits per heavy atom. The summed E-state index contributed by atoms with van der Waals surface area (Å²) in [5, 5.41) is 8.61. The van der Waals surface area contributed by atoms with Gasteiger partial charge in [-0.15, -0.1) is 0 Å². The van der Waals surface area contributed by atoms with Crippen LogP contribution in [0.5, 0.6) is 0 Å². The van der Waals surface area contributed by atoms with Crippen LogP contribution in [0.3, 0.4) is 0 Å². The minimum Gasteiger partial charge on any atom is -0.302 e. The predicted octanol–water partition coefficient (Wildman–Crippen LogP) is 2.80. The van der Waals surface area contributed by atoms with Gasteiger partial charge in [-0.1, -0.05) is 19.3 Å². The van der Waals surface area contributed by atoms with Gasteiger partial charge < -0.3 is 4.90 Å². The molecule has 1 rings (SSSR count). The summed E-state index contributed by atoms with van der Waals surface area (Å²) >= 11 is 0. The molecule has 1 aliphatic carbocycles. The first kappa shape index (κ1) is 11.5. The average Bonchev–Trinajstić information content (AvgIpc) is 2.19. The van der Waals surface area contributed by atoms with Gasteiger partial charge in [-0.2, -0.15) is 5.26 Å². The van der Waals surface area contributed by atoms with Gasteiger partial charge in [0, 0.05) is 12.6 Å². The molecule has 1 unspecified atom stereocenters. The van der Waals surface area contributed by atoms with Crippen molar-refractivity contribution in [3.05, 3.63) is 0 Å². The lowest BCUT2D eigenvalue weighted by molar-refractivity contribution is 0.192. The number of nitrogens with zero attached hydrogens (tertiary/aromatic N) is 2. The normalized spacial score (nSPS) is 20.7. The Labute approximate surface area is 87.9 Å². The molecule has 80 valence electrons. The molecule has 0 amide bonds. The average molecular weight is 194 g/mol. The summed E-state index contributed by atoms with van der Waals surface area (Å²) < 4.78 is 0. The topological polar surface area (TPSA) is 27.0 Å². The van der Waals surface area contributed by atoms with Crippen LogP contribution in [-0.4, -0.2) is 24.5 Å². The molecular formula is C12H22N2. The lowest BCUT2D eigenvalue weighted by Crippen LogP contribution is -2.34. The maximum absolute atomic E-state index is 8.61. The molecular weight excluding hydrogens is 172 g/mol. The molecule has 2 nitrogen and oxygen atoms in total. The number of hydrogen-bond acceptors (Lipinski definition) is 2. The van der Waals surface area contributed by atoms with Gasteiger partial charge in [-0.3, -0.25) is 0 Å². The Balaban J connectivity index is 2.24. The second-order valence-corrected chi connectivity index (χ2v) is 4.65. The van der Waals surface area contributed by atoms with Crippen molar-refractivity contribution in [2.75, 3.05) is 13.6 Å². The van der Waals surface area contributed by atoms with Gasteiger partial charge in [0.1, 0.15) is 0 Å². The SMILES string of the molecule is CC(CC#N)N(C)CC1CCCCC1. The van der Waals surface area contributed by atoms with Crippen LogP contribution in [0, 0.1) is 17.2 Å². The van der Waals surface area contributed by atoms with E-state index >= 15 is 0 Å². The Morgan fingerprint density at radius 1 is 1.36 bits per heavy atom. The predicted molar refractivity (Wildman–Crippen MR) is 58.9 cm³/mol. The summed E-state index contributed by atoms with van der Waals surface area (Å²) in [5.74, 6) is 0.884. The Bertz CT molecular complexity index is 189. The van der Waals surface area contributed by atoms with E-state index in [1.165, 1.54) is 38.6 Å². The summed E-state index contributed by atoms with van der Waals surface area (Å²) in [6, 6.07) is 2.66. The lowest BCUT2D eigenvalue weighted by atomic mass is 9.89. The van der Waals surface area contributed by atoms with Crippen LogP contribution in [-0.2, 0) is 0 Å². The third-order valence-electron chi connectivity index (χ3n) is 3.41. The van der Waals surface area contributed by atoms with E-state index in [-0.39, 0.29) is 0 Å². The highest BCUT2D eigenvalue weighted by atomic mass is 15.1. The van der Waals surface area contributed by atoms with Crippen LogP contribution >= 0.6 is 0 Å². The van der Waals surface area contributed by atoms with E-state index in [4.69, 9.17) is 5.26 Å². The van der Waals surface area contributed by atoms with Crippen molar-refractivity contribution in [2.45, 2.75) is 51.5 Å². The van der Waals surface area contributed by atoms with E-state index in [2.05, 4.69) is 24.9 Å². The first-order chi connectivity index (χ1) is 6.74. The summed E-state index contributed by atoms with van der Waals surface area (Å²) in [4.78, 5) is 2.35. The van der Waals surface area contributed by atoms with E-state index in [0.717, 1.165) is 5.92 Å². The quantitative estimate of drug-likeness (QED) is 0.688. The van der Waals surface area contributed by atoms with Gasteiger partial charge in [0.25, 0.3) is 0 Å². The largest absolute Gasteiger partial charge is 0.302 e. The molecule has 1 saturated carbocycles. The fraction of sp³-hybridized carbons (Fsp3) is 0.917. The van der Waals surface area contributed by atoms with E-state index in [9.17, 15) is 0 Å². The Kier molecular flexibility index (Phi) is 4.97. The molecule has 0 N–H and O–H groups in total. The lowest BCUT2D eigenvalue weighted by Gasteiger charge is -2.29. The van der Waals surface area contributed by atoms with Gasteiger partial charge in [-0.05, 0) is 32.7 Å². The van der Waals surface area contributed by atoms with Crippen LogP contribution in [0.25, 0.3) is 0 Å². The second-order valence-electron chi connectivity index (χ2n) is 4.65. The van der Waals surface area contributed by atoms with Crippen LogP contribution < -0.4 is 0 Å². The Hall–Kier alpha value is -0.550. The fourth-order valence-corrected chi connectivity index (χ4v) is 2.24. The summed E-state index contributed by atoms with van der Waals surface area (Å²) in [5.41, 5.74) is 0. The van der Waals surface area contributed by atoms with Crippen molar-refractivity contribution in [1.29, 1.82) is 5.26 Å². The van der Waals surface area contributed by atoms with E-state index in [1.807, 2.05) is 0 Å². The zero-order chi connectivity index (χ0) is 10.4. The van der Waals surface area contributed by atoms with Gasteiger partial charge in [-0.25, -0.2) is 0 Å². The minimum absolute atomic E-state index is 0.418. The molecule has 1 atom stereocenters. The molecule has 14 heavy (non-hydrogen) atoms. The van der Waals surface area contributed by atoms with Crippen LogP contribution in [0.15, 0.2) is 0 Å². The first-order valence-corrected chi connectivity index (χ1v) is 5.81. The molecule has 1 fully saturated rings. The number of nitriles is 1. The maximum atomic E-state index is 8.61. The molecule has 0 bridgehead atoms. The van der Waals surface area contributed by atoms with Gasteiger partial charge in [0.05, 0.1) is 12.5 Å². The highest BCUT2D eigenvalue weighted by Gasteiger charge is 2.17. The minimum atomic E-state index is 0.418. The molecule has 0 heterocycles. The molecule has 0 aromatic heterocycles. The smallest absolute Gasteiger partial charge is 0.0638 e. The van der Waals surface area contributed by atoms with Crippen molar-refractivity contribution in [1.82, 2.24) is 4.90 Å². The monoisotopic (exact) mass is 194 g/mol. The number of hydrogen-bond donors (Lipinski definition) is 0. The molecule has 0 spiro atoms. The summed E-state index contributed by atoms with van der Waals surface area (Å²) in [7, 11) is 2.15. The standard InChI is InChI=1S/C12H22N2/c1-11(8-9-13)14(2)10-12-6-4-3-5-7-12/h11-12H,3-8,10H2,1-2H3. The van der Waals surface area contributed by atoms with Crippen LogP contribution in [0.1, 0.15) is 45.4 Å². The molecule has 0 saturated heterocycles. The zero-order valence-corrected chi connectivity index (χ0v) is 9.50. The fourth-order valence-electron chi connectivity index (χ4n) is 2.24. The maximum Gasteiger partial charge on any atom is 0.0638 e. The van der Waals surface area contributed by atoms with Gasteiger partial charge >= 0.3 is 0 Å². The third kappa shape index (κ3) is 3.67. The molecule has 0 aromatic carbocycles. The van der Waals surface area contributed by atoms with Gasteiger partial charge in [0.15, 0.2) is 0 Å². The van der Waals surface area contributed by atoms with E-state index in [0.29, 0.717) is 12.5 Å².